The van der Waals surface area contributed by atoms with Gasteiger partial charge in [0.05, 0.1) is 31.6 Å². The van der Waals surface area contributed by atoms with Crippen LogP contribution in [0.2, 0.25) is 0 Å². The van der Waals surface area contributed by atoms with Crippen LogP contribution in [0.3, 0.4) is 0 Å². The Bertz CT molecular complexity index is 1100. The number of aromatic nitrogens is 2. The van der Waals surface area contributed by atoms with Gasteiger partial charge in [0.1, 0.15) is 17.3 Å². The predicted molar refractivity (Wildman–Crippen MR) is 112 cm³/mol. The van der Waals surface area contributed by atoms with Gasteiger partial charge in [-0.05, 0) is 54.1 Å². The van der Waals surface area contributed by atoms with Crippen LogP contribution >= 0.6 is 0 Å². The van der Waals surface area contributed by atoms with Crippen LogP contribution in [0.1, 0.15) is 10.4 Å². The topological polar surface area (TPSA) is 87.3 Å². The largest absolute Gasteiger partial charge is 0.545 e. The molecule has 0 unspecified atom stereocenters. The molecule has 1 aromatic heterocycles. The van der Waals surface area contributed by atoms with Gasteiger partial charge in [-0.2, -0.15) is 0 Å². The molecular formula is C24H19N2O4-. The predicted octanol–water partition coefficient (Wildman–Crippen LogP) is 3.79. The summed E-state index contributed by atoms with van der Waals surface area (Å²) in [5.41, 5.74) is 4.40. The number of nitrogens with one attached hydrogen (secondary N) is 1. The highest BCUT2D eigenvalue weighted by molar-refractivity contribution is 5.87. The molecule has 0 radical (unpaired) electrons. The number of carboxylic acids is 1. The standard InChI is InChI=1S/C24H20N2O4/c1-29-19-11-7-15(8-12-19)21-22(16-9-13-20(30-2)14-10-16)26-23(25-21)17-3-5-18(6-4-17)24(27)28/h3-14H,1-2H3,(H,25,26)(H,27,28)/p-1. The number of hydrogen-bond donors (Lipinski definition) is 1. The Morgan fingerprint density at radius 3 is 1.77 bits per heavy atom. The zero-order chi connectivity index (χ0) is 21.1. The van der Waals surface area contributed by atoms with E-state index in [1.54, 1.807) is 26.4 Å². The first kappa shape index (κ1) is 19.3. The summed E-state index contributed by atoms with van der Waals surface area (Å²) in [4.78, 5) is 19.2. The third kappa shape index (κ3) is 3.75. The number of benzene rings is 3. The smallest absolute Gasteiger partial charge is 0.138 e. The first-order chi connectivity index (χ1) is 14.6. The second-order valence-corrected chi connectivity index (χ2v) is 6.63. The number of ether oxygens (including phenoxy) is 2. The monoisotopic (exact) mass is 399 g/mol. The molecule has 0 amide bonds. The lowest BCUT2D eigenvalue weighted by Gasteiger charge is -2.06. The summed E-state index contributed by atoms with van der Waals surface area (Å²) in [7, 11) is 3.25. The second-order valence-electron chi connectivity index (χ2n) is 6.63. The fourth-order valence-corrected chi connectivity index (χ4v) is 3.20. The summed E-state index contributed by atoms with van der Waals surface area (Å²) in [5.74, 6) is 0.955. The Balaban J connectivity index is 1.82. The summed E-state index contributed by atoms with van der Waals surface area (Å²) in [6.07, 6.45) is 0. The fraction of sp³-hybridized carbons (Fsp3) is 0.0833. The van der Waals surface area contributed by atoms with Gasteiger partial charge in [-0.15, -0.1) is 0 Å². The van der Waals surface area contributed by atoms with Crippen molar-refractivity contribution >= 4 is 5.97 Å². The molecule has 4 aromatic rings. The van der Waals surface area contributed by atoms with Crippen LogP contribution in [0, 0.1) is 0 Å². The lowest BCUT2D eigenvalue weighted by molar-refractivity contribution is -0.255. The van der Waals surface area contributed by atoms with Gasteiger partial charge in [-0.1, -0.05) is 24.3 Å². The van der Waals surface area contributed by atoms with Gasteiger partial charge >= 0.3 is 0 Å². The Morgan fingerprint density at radius 2 is 1.27 bits per heavy atom. The molecule has 0 spiro atoms. The molecule has 0 saturated carbocycles. The SMILES string of the molecule is COc1ccc(-c2nc(-c3ccc(C(=O)[O-])cc3)[nH]c2-c2ccc(OC)cc2)cc1. The van der Waals surface area contributed by atoms with Crippen LogP contribution in [0.4, 0.5) is 0 Å². The number of nitrogens with zero attached hydrogens (tertiary/aromatic N) is 1. The summed E-state index contributed by atoms with van der Waals surface area (Å²) in [6, 6.07) is 21.8. The van der Waals surface area contributed by atoms with Crippen molar-refractivity contribution in [1.82, 2.24) is 9.97 Å². The zero-order valence-corrected chi connectivity index (χ0v) is 16.5. The minimum absolute atomic E-state index is 0.121. The average molecular weight is 399 g/mol. The number of methoxy groups -OCH3 is 2. The maximum absolute atomic E-state index is 11.0. The van der Waals surface area contributed by atoms with E-state index in [9.17, 15) is 9.90 Å². The zero-order valence-electron chi connectivity index (χ0n) is 16.5. The van der Waals surface area contributed by atoms with Crippen LogP contribution in [0.15, 0.2) is 72.8 Å². The molecule has 30 heavy (non-hydrogen) atoms. The number of aromatic amines is 1. The molecule has 150 valence electrons. The summed E-state index contributed by atoms with van der Waals surface area (Å²) in [5, 5.41) is 11.0. The van der Waals surface area contributed by atoms with Crippen molar-refractivity contribution in [3.8, 4) is 45.4 Å². The Labute approximate surface area is 173 Å². The molecule has 3 aromatic carbocycles. The molecule has 6 nitrogen and oxygen atoms in total. The molecule has 0 fully saturated rings. The number of carbonyl (C=O) groups is 1. The van der Waals surface area contributed by atoms with Crippen LogP contribution in [0.5, 0.6) is 11.5 Å². The number of imidazole rings is 1. The van der Waals surface area contributed by atoms with E-state index in [2.05, 4.69) is 4.98 Å². The van der Waals surface area contributed by atoms with Crippen molar-refractivity contribution < 1.29 is 19.4 Å². The molecule has 0 bridgehead atoms. The van der Waals surface area contributed by atoms with Gasteiger partial charge in [0.15, 0.2) is 0 Å². The molecule has 0 aliphatic heterocycles. The Kier molecular flexibility index (Phi) is 5.22. The molecule has 0 saturated heterocycles. The van der Waals surface area contributed by atoms with Crippen molar-refractivity contribution in [2.24, 2.45) is 0 Å². The van der Waals surface area contributed by atoms with Crippen molar-refractivity contribution in [2.75, 3.05) is 14.2 Å². The van der Waals surface area contributed by atoms with Crippen molar-refractivity contribution in [3.05, 3.63) is 78.4 Å². The molecule has 4 rings (SSSR count). The highest BCUT2D eigenvalue weighted by Crippen LogP contribution is 2.34. The van der Waals surface area contributed by atoms with E-state index in [1.807, 2.05) is 48.5 Å². The van der Waals surface area contributed by atoms with Crippen LogP contribution in [-0.4, -0.2) is 30.2 Å². The van der Waals surface area contributed by atoms with Crippen molar-refractivity contribution in [1.29, 1.82) is 0 Å². The molecule has 1 N–H and O–H groups in total. The third-order valence-corrected chi connectivity index (χ3v) is 4.84. The van der Waals surface area contributed by atoms with E-state index < -0.39 is 5.97 Å². The van der Waals surface area contributed by atoms with Crippen LogP contribution < -0.4 is 14.6 Å². The first-order valence-corrected chi connectivity index (χ1v) is 9.29. The highest BCUT2D eigenvalue weighted by Gasteiger charge is 2.16. The third-order valence-electron chi connectivity index (χ3n) is 4.84. The van der Waals surface area contributed by atoms with Crippen LogP contribution in [0.25, 0.3) is 33.9 Å². The van der Waals surface area contributed by atoms with Gasteiger partial charge in [-0.3, -0.25) is 0 Å². The number of carbonyl (C=O) groups excluding carboxylic acids is 1. The molecule has 6 heteroatoms. The highest BCUT2D eigenvalue weighted by atomic mass is 16.5. The molecule has 0 aliphatic rings. The quantitative estimate of drug-likeness (QED) is 0.533. The minimum atomic E-state index is -1.21. The minimum Gasteiger partial charge on any atom is -0.545 e. The fourth-order valence-electron chi connectivity index (χ4n) is 3.20. The lowest BCUT2D eigenvalue weighted by atomic mass is 10.0. The van der Waals surface area contributed by atoms with E-state index in [1.165, 1.54) is 12.1 Å². The van der Waals surface area contributed by atoms with Crippen molar-refractivity contribution in [3.63, 3.8) is 0 Å². The van der Waals surface area contributed by atoms with E-state index in [4.69, 9.17) is 14.5 Å². The van der Waals surface area contributed by atoms with Crippen LogP contribution in [-0.2, 0) is 0 Å². The number of H-pyrrole nitrogens is 1. The summed E-state index contributed by atoms with van der Waals surface area (Å²) in [6.45, 7) is 0. The van der Waals surface area contributed by atoms with Gasteiger partial charge in [-0.25, -0.2) is 4.98 Å². The van der Waals surface area contributed by atoms with E-state index in [-0.39, 0.29) is 5.56 Å². The summed E-state index contributed by atoms with van der Waals surface area (Å²) >= 11 is 0. The Hall–Kier alpha value is -4.06. The number of aromatic carboxylic acids is 1. The Morgan fingerprint density at radius 1 is 0.767 bits per heavy atom. The van der Waals surface area contributed by atoms with E-state index >= 15 is 0 Å². The maximum Gasteiger partial charge on any atom is 0.138 e. The summed E-state index contributed by atoms with van der Waals surface area (Å²) < 4.78 is 10.5. The molecule has 0 atom stereocenters. The number of carboxylic acid groups (broad SMARTS) is 1. The van der Waals surface area contributed by atoms with Gasteiger partial charge < -0.3 is 24.4 Å². The molecular weight excluding hydrogens is 380 g/mol. The lowest BCUT2D eigenvalue weighted by Crippen LogP contribution is -2.21. The van der Waals surface area contributed by atoms with Gasteiger partial charge in [0.25, 0.3) is 0 Å². The number of rotatable bonds is 6. The average Bonchev–Trinajstić information content (AvgIpc) is 3.24. The van der Waals surface area contributed by atoms with Gasteiger partial charge in [0.2, 0.25) is 0 Å². The van der Waals surface area contributed by atoms with E-state index in [0.29, 0.717) is 5.82 Å². The normalized spacial score (nSPS) is 10.6. The van der Waals surface area contributed by atoms with E-state index in [0.717, 1.165) is 39.6 Å². The van der Waals surface area contributed by atoms with Gasteiger partial charge in [0, 0.05) is 16.7 Å². The second kappa shape index (κ2) is 8.13. The maximum atomic E-state index is 11.0. The van der Waals surface area contributed by atoms with Crippen molar-refractivity contribution in [2.45, 2.75) is 0 Å². The molecule has 0 aliphatic carbocycles. The number of hydrogen-bond acceptors (Lipinski definition) is 5. The first-order valence-electron chi connectivity index (χ1n) is 9.29. The molecule has 1 heterocycles.